The lowest BCUT2D eigenvalue weighted by Gasteiger charge is -2.42. The van der Waals surface area contributed by atoms with E-state index in [9.17, 15) is 0 Å². The summed E-state index contributed by atoms with van der Waals surface area (Å²) in [5.74, 6) is 1.94. The molecule has 2 rings (SSSR count). The molecule has 0 aromatic rings. The number of nitrogens with zero attached hydrogens (tertiary/aromatic N) is 1. The van der Waals surface area contributed by atoms with Crippen molar-refractivity contribution in [3.63, 3.8) is 0 Å². The van der Waals surface area contributed by atoms with Gasteiger partial charge in [-0.15, -0.1) is 0 Å². The predicted molar refractivity (Wildman–Crippen MR) is 88.1 cm³/mol. The molecule has 20 heavy (non-hydrogen) atoms. The fraction of sp³-hybridized carbons (Fsp3) is 1.00. The molecule has 1 N–H and O–H groups in total. The van der Waals surface area contributed by atoms with Crippen LogP contribution < -0.4 is 5.32 Å². The number of hydrogen-bond donors (Lipinski definition) is 1. The molecule has 1 aliphatic heterocycles. The van der Waals surface area contributed by atoms with E-state index < -0.39 is 0 Å². The van der Waals surface area contributed by atoms with Gasteiger partial charge >= 0.3 is 0 Å². The highest BCUT2D eigenvalue weighted by Crippen LogP contribution is 2.37. The summed E-state index contributed by atoms with van der Waals surface area (Å²) in [6.07, 6.45) is 11.2. The molecule has 3 unspecified atom stereocenters. The molecule has 1 heterocycles. The molecule has 0 bridgehead atoms. The van der Waals surface area contributed by atoms with Crippen molar-refractivity contribution in [3.05, 3.63) is 0 Å². The molecule has 0 aromatic heterocycles. The van der Waals surface area contributed by atoms with Crippen molar-refractivity contribution in [2.24, 2.45) is 11.8 Å². The largest absolute Gasteiger partial charge is 0.311 e. The van der Waals surface area contributed by atoms with Crippen LogP contribution in [0.3, 0.4) is 0 Å². The van der Waals surface area contributed by atoms with Crippen LogP contribution in [-0.4, -0.2) is 36.6 Å². The normalized spacial score (nSPS) is 29.6. The first-order valence-electron chi connectivity index (χ1n) is 9.25. The number of nitrogens with one attached hydrogen (secondary N) is 1. The van der Waals surface area contributed by atoms with E-state index in [4.69, 9.17) is 0 Å². The highest BCUT2D eigenvalue weighted by Gasteiger charge is 2.38. The van der Waals surface area contributed by atoms with Gasteiger partial charge in [-0.2, -0.15) is 0 Å². The lowest BCUT2D eigenvalue weighted by Crippen LogP contribution is -2.58. The molecule has 0 radical (unpaired) electrons. The maximum Gasteiger partial charge on any atom is 0.0249 e. The van der Waals surface area contributed by atoms with Crippen molar-refractivity contribution in [1.82, 2.24) is 10.2 Å². The lowest BCUT2D eigenvalue weighted by molar-refractivity contribution is 0.0899. The van der Waals surface area contributed by atoms with Gasteiger partial charge < -0.3 is 5.32 Å². The van der Waals surface area contributed by atoms with Crippen LogP contribution in [0.15, 0.2) is 0 Å². The summed E-state index contributed by atoms with van der Waals surface area (Å²) in [6, 6.07) is 1.59. The van der Waals surface area contributed by atoms with Gasteiger partial charge in [-0.25, -0.2) is 0 Å². The number of hydrogen-bond acceptors (Lipinski definition) is 2. The van der Waals surface area contributed by atoms with Crippen LogP contribution in [0.2, 0.25) is 0 Å². The van der Waals surface area contributed by atoms with E-state index >= 15 is 0 Å². The van der Waals surface area contributed by atoms with Crippen LogP contribution >= 0.6 is 0 Å². The molecule has 2 fully saturated rings. The van der Waals surface area contributed by atoms with Gasteiger partial charge in [0, 0.05) is 31.7 Å². The van der Waals surface area contributed by atoms with E-state index in [1.54, 1.807) is 0 Å². The lowest BCUT2D eigenvalue weighted by atomic mass is 9.95. The second kappa shape index (κ2) is 8.38. The first-order valence-corrected chi connectivity index (χ1v) is 9.25. The van der Waals surface area contributed by atoms with Gasteiger partial charge in [0.25, 0.3) is 0 Å². The van der Waals surface area contributed by atoms with Crippen molar-refractivity contribution in [3.8, 4) is 0 Å². The average Bonchev–Trinajstić information content (AvgIpc) is 3.28. The fourth-order valence-corrected chi connectivity index (χ4v) is 3.85. The third-order valence-electron chi connectivity index (χ3n) is 5.38. The van der Waals surface area contributed by atoms with E-state index in [0.717, 1.165) is 23.9 Å². The Labute approximate surface area is 126 Å². The van der Waals surface area contributed by atoms with E-state index in [0.29, 0.717) is 0 Å². The van der Waals surface area contributed by atoms with Crippen LogP contribution in [0.5, 0.6) is 0 Å². The third-order valence-corrected chi connectivity index (χ3v) is 5.38. The van der Waals surface area contributed by atoms with Gasteiger partial charge in [0.05, 0.1) is 0 Å². The molecule has 118 valence electrons. The topological polar surface area (TPSA) is 15.3 Å². The predicted octanol–water partition coefficient (Wildman–Crippen LogP) is 4.06. The van der Waals surface area contributed by atoms with Gasteiger partial charge in [-0.1, -0.05) is 46.5 Å². The Bertz CT molecular complexity index is 262. The van der Waals surface area contributed by atoms with Crippen molar-refractivity contribution in [2.45, 2.75) is 84.2 Å². The van der Waals surface area contributed by atoms with Gasteiger partial charge in [0.2, 0.25) is 0 Å². The Morgan fingerprint density at radius 2 is 1.95 bits per heavy atom. The Balaban J connectivity index is 1.88. The van der Waals surface area contributed by atoms with Crippen LogP contribution in [0.4, 0.5) is 0 Å². The van der Waals surface area contributed by atoms with Crippen LogP contribution in [-0.2, 0) is 0 Å². The second-order valence-electron chi connectivity index (χ2n) is 7.17. The summed E-state index contributed by atoms with van der Waals surface area (Å²) < 4.78 is 0. The zero-order valence-electron chi connectivity index (χ0n) is 14.0. The Morgan fingerprint density at radius 1 is 1.15 bits per heavy atom. The summed E-state index contributed by atoms with van der Waals surface area (Å²) in [7, 11) is 0. The van der Waals surface area contributed by atoms with Crippen molar-refractivity contribution < 1.29 is 0 Å². The maximum atomic E-state index is 3.81. The molecule has 0 amide bonds. The van der Waals surface area contributed by atoms with Crippen LogP contribution in [0.25, 0.3) is 0 Å². The molecule has 1 aliphatic carbocycles. The van der Waals surface area contributed by atoms with E-state index in [2.05, 4.69) is 31.0 Å². The summed E-state index contributed by atoms with van der Waals surface area (Å²) >= 11 is 0. The van der Waals surface area contributed by atoms with Crippen molar-refractivity contribution >= 4 is 0 Å². The second-order valence-corrected chi connectivity index (χ2v) is 7.17. The number of unbranched alkanes of at least 4 members (excludes halogenated alkanes) is 1. The molecule has 1 saturated carbocycles. The third kappa shape index (κ3) is 4.73. The van der Waals surface area contributed by atoms with Gasteiger partial charge in [0.1, 0.15) is 0 Å². The minimum Gasteiger partial charge on any atom is -0.311 e. The molecule has 3 atom stereocenters. The molecule has 1 saturated heterocycles. The molecule has 0 spiro atoms. The first-order chi connectivity index (χ1) is 9.78. The molecule has 2 heteroatoms. The summed E-state index contributed by atoms with van der Waals surface area (Å²) in [4.78, 5) is 2.87. The molecular formula is C18H36N2. The zero-order valence-corrected chi connectivity index (χ0v) is 14.0. The van der Waals surface area contributed by atoms with Gasteiger partial charge in [0.15, 0.2) is 0 Å². The van der Waals surface area contributed by atoms with E-state index in [1.807, 2.05) is 0 Å². The molecule has 2 nitrogen and oxygen atoms in total. The minimum atomic E-state index is 0.749. The SMILES string of the molecule is CCCCC(CC)CN1CC(CCC)NCC1C1CC1. The average molecular weight is 281 g/mol. The van der Waals surface area contributed by atoms with Crippen molar-refractivity contribution in [1.29, 1.82) is 0 Å². The van der Waals surface area contributed by atoms with Gasteiger partial charge in [-0.05, 0) is 37.5 Å². The van der Waals surface area contributed by atoms with Crippen molar-refractivity contribution in [2.75, 3.05) is 19.6 Å². The summed E-state index contributed by atoms with van der Waals surface area (Å²) in [5.41, 5.74) is 0. The van der Waals surface area contributed by atoms with E-state index in [1.165, 1.54) is 71.0 Å². The molecule has 2 aliphatic rings. The maximum absolute atomic E-state index is 3.81. The van der Waals surface area contributed by atoms with Crippen LogP contribution in [0.1, 0.15) is 72.1 Å². The van der Waals surface area contributed by atoms with Crippen LogP contribution in [0, 0.1) is 11.8 Å². The first kappa shape index (κ1) is 16.3. The number of rotatable bonds is 9. The minimum absolute atomic E-state index is 0.749. The van der Waals surface area contributed by atoms with E-state index in [-0.39, 0.29) is 0 Å². The Kier molecular flexibility index (Phi) is 6.83. The highest BCUT2D eigenvalue weighted by molar-refractivity contribution is 4.95. The zero-order chi connectivity index (χ0) is 14.4. The highest BCUT2D eigenvalue weighted by atomic mass is 15.2. The molecular weight excluding hydrogens is 244 g/mol. The smallest absolute Gasteiger partial charge is 0.0249 e. The van der Waals surface area contributed by atoms with Gasteiger partial charge in [-0.3, -0.25) is 4.90 Å². The Hall–Kier alpha value is -0.0800. The summed E-state index contributed by atoms with van der Waals surface area (Å²) in [6.45, 7) is 10.9. The monoisotopic (exact) mass is 280 g/mol. The summed E-state index contributed by atoms with van der Waals surface area (Å²) in [5, 5.41) is 3.81. The quantitative estimate of drug-likeness (QED) is 0.685. The standard InChI is InChI=1S/C18H36N2/c1-4-7-9-15(6-3)13-20-14-17(8-5-2)19-12-18(20)16-10-11-16/h15-19H,4-14H2,1-3H3. The molecule has 0 aromatic carbocycles. The Morgan fingerprint density at radius 3 is 2.55 bits per heavy atom. The fourth-order valence-electron chi connectivity index (χ4n) is 3.85. The number of piperazine rings is 1.